The van der Waals surface area contributed by atoms with Crippen LogP contribution in [0.15, 0.2) is 28.2 Å². The fourth-order valence-electron chi connectivity index (χ4n) is 2.99. The van der Waals surface area contributed by atoms with Gasteiger partial charge in [-0.3, -0.25) is 9.78 Å². The molecule has 1 unspecified atom stereocenters. The molecule has 0 amide bonds. The van der Waals surface area contributed by atoms with Crippen LogP contribution in [0.3, 0.4) is 0 Å². The maximum absolute atomic E-state index is 12.0. The van der Waals surface area contributed by atoms with Crippen LogP contribution in [0.25, 0.3) is 20.7 Å². The number of anilines is 1. The number of nitrogens with zero attached hydrogens (tertiary/aromatic N) is 3. The molecule has 0 bridgehead atoms. The summed E-state index contributed by atoms with van der Waals surface area (Å²) in [5.41, 5.74) is -0.558. The molecule has 4 rings (SSSR count). The zero-order valence-electron chi connectivity index (χ0n) is 12.7. The van der Waals surface area contributed by atoms with E-state index >= 15 is 0 Å². The van der Waals surface area contributed by atoms with E-state index in [4.69, 9.17) is 0 Å². The lowest BCUT2D eigenvalue weighted by Gasteiger charge is -2.17. The van der Waals surface area contributed by atoms with Crippen LogP contribution in [0.1, 0.15) is 6.42 Å². The molecule has 3 aromatic rings. The Balaban J connectivity index is 1.80. The highest BCUT2D eigenvalue weighted by Crippen LogP contribution is 2.36. The molecular formula is C15H15N5O3S. The Bertz CT molecular complexity index is 1010. The third kappa shape index (κ3) is 2.51. The minimum Gasteiger partial charge on any atom is -0.396 e. The molecule has 9 heteroatoms. The molecule has 0 saturated carbocycles. The molecule has 1 fully saturated rings. The lowest BCUT2D eigenvalue weighted by atomic mass is 10.1. The van der Waals surface area contributed by atoms with Crippen molar-refractivity contribution in [3.63, 3.8) is 0 Å². The van der Waals surface area contributed by atoms with Crippen LogP contribution < -0.4 is 16.1 Å². The van der Waals surface area contributed by atoms with E-state index in [1.807, 2.05) is 6.07 Å². The van der Waals surface area contributed by atoms with Crippen molar-refractivity contribution in [3.8, 4) is 10.4 Å². The predicted molar refractivity (Wildman–Crippen MR) is 91.5 cm³/mol. The quantitative estimate of drug-likeness (QED) is 0.639. The Kier molecular flexibility index (Phi) is 3.66. The number of aromatic nitrogens is 4. The summed E-state index contributed by atoms with van der Waals surface area (Å²) in [6.07, 6.45) is 3.86. The van der Waals surface area contributed by atoms with Crippen molar-refractivity contribution >= 4 is 27.4 Å². The Morgan fingerprint density at radius 1 is 1.38 bits per heavy atom. The Morgan fingerprint density at radius 3 is 3.00 bits per heavy atom. The fraction of sp³-hybridized carbons (Fsp3) is 0.333. The van der Waals surface area contributed by atoms with Gasteiger partial charge in [0.1, 0.15) is 17.0 Å². The number of hydrogen-bond acceptors (Lipinski definition) is 7. The number of aliphatic hydroxyl groups excluding tert-OH is 1. The maximum atomic E-state index is 12.0. The second-order valence-electron chi connectivity index (χ2n) is 5.80. The number of H-pyrrole nitrogens is 2. The summed E-state index contributed by atoms with van der Waals surface area (Å²) in [5.74, 6) is 1.08. The van der Waals surface area contributed by atoms with Crippen LogP contribution in [-0.2, 0) is 0 Å². The van der Waals surface area contributed by atoms with Gasteiger partial charge < -0.3 is 15.0 Å². The number of aliphatic hydroxyl groups is 1. The van der Waals surface area contributed by atoms with Gasteiger partial charge in [-0.2, -0.15) is 0 Å². The van der Waals surface area contributed by atoms with Gasteiger partial charge in [-0.1, -0.05) is 0 Å². The van der Waals surface area contributed by atoms with Crippen LogP contribution in [0, 0.1) is 5.92 Å². The summed E-state index contributed by atoms with van der Waals surface area (Å²) < 4.78 is 0. The van der Waals surface area contributed by atoms with Crippen LogP contribution in [0.5, 0.6) is 0 Å². The molecule has 3 aromatic heterocycles. The van der Waals surface area contributed by atoms with E-state index in [0.717, 1.165) is 40.4 Å². The number of rotatable bonds is 3. The van der Waals surface area contributed by atoms with E-state index in [2.05, 4.69) is 24.8 Å². The fourth-order valence-corrected chi connectivity index (χ4v) is 4.00. The average molecular weight is 345 g/mol. The van der Waals surface area contributed by atoms with Crippen molar-refractivity contribution in [1.29, 1.82) is 0 Å². The van der Waals surface area contributed by atoms with Crippen LogP contribution in [-0.4, -0.2) is 44.7 Å². The average Bonchev–Trinajstić information content (AvgIpc) is 3.21. The van der Waals surface area contributed by atoms with Crippen LogP contribution in [0.4, 0.5) is 5.82 Å². The first-order chi connectivity index (χ1) is 11.7. The molecule has 1 atom stereocenters. The molecule has 0 aromatic carbocycles. The summed E-state index contributed by atoms with van der Waals surface area (Å²) in [5, 5.41) is 10.2. The Labute approximate surface area is 139 Å². The van der Waals surface area contributed by atoms with E-state index in [9.17, 15) is 14.7 Å². The second-order valence-corrected chi connectivity index (χ2v) is 6.83. The lowest BCUT2D eigenvalue weighted by molar-refractivity contribution is 0.238. The predicted octanol–water partition coefficient (Wildman–Crippen LogP) is 0.553. The molecule has 1 saturated heterocycles. The van der Waals surface area contributed by atoms with E-state index in [-0.39, 0.29) is 12.5 Å². The topological polar surface area (TPSA) is 115 Å². The largest absolute Gasteiger partial charge is 0.396 e. The maximum Gasteiger partial charge on any atom is 0.325 e. The van der Waals surface area contributed by atoms with E-state index in [1.165, 1.54) is 23.9 Å². The monoisotopic (exact) mass is 345 g/mol. The third-order valence-corrected chi connectivity index (χ3v) is 5.31. The Morgan fingerprint density at radius 2 is 2.25 bits per heavy atom. The molecule has 124 valence electrons. The minimum absolute atomic E-state index is 0.173. The molecule has 0 aliphatic carbocycles. The van der Waals surface area contributed by atoms with Crippen molar-refractivity contribution in [2.75, 3.05) is 24.6 Å². The molecule has 4 heterocycles. The van der Waals surface area contributed by atoms with Gasteiger partial charge in [0, 0.05) is 36.7 Å². The van der Waals surface area contributed by atoms with Gasteiger partial charge in [0.05, 0.1) is 10.9 Å². The summed E-state index contributed by atoms with van der Waals surface area (Å²) in [6.45, 7) is 1.77. The van der Waals surface area contributed by atoms with E-state index in [1.54, 1.807) is 0 Å². The van der Waals surface area contributed by atoms with Crippen molar-refractivity contribution in [1.82, 2.24) is 19.9 Å². The first-order valence-electron chi connectivity index (χ1n) is 7.58. The molecule has 0 spiro atoms. The van der Waals surface area contributed by atoms with Crippen LogP contribution in [0.2, 0.25) is 0 Å². The summed E-state index contributed by atoms with van der Waals surface area (Å²) >= 11 is 1.38. The van der Waals surface area contributed by atoms with E-state index in [0.29, 0.717) is 5.56 Å². The minimum atomic E-state index is -0.530. The van der Waals surface area contributed by atoms with Crippen molar-refractivity contribution < 1.29 is 5.11 Å². The standard InChI is InChI=1S/C15H15N5O3S/c21-6-8-1-2-20(5-8)12-9-3-11(24-14(9)18-7-17-12)10-4-16-15(23)19-13(10)22/h3-4,7-8,21H,1-2,5-6H2,(H2,16,19,22,23). The number of thiophene rings is 1. The van der Waals surface area contributed by atoms with Crippen molar-refractivity contribution in [2.45, 2.75) is 6.42 Å². The van der Waals surface area contributed by atoms with Gasteiger partial charge in [-0.25, -0.2) is 14.8 Å². The number of hydrogen-bond donors (Lipinski definition) is 3. The van der Waals surface area contributed by atoms with Gasteiger partial charge in [-0.15, -0.1) is 11.3 Å². The van der Waals surface area contributed by atoms with E-state index < -0.39 is 11.2 Å². The molecule has 1 aliphatic rings. The first-order valence-corrected chi connectivity index (χ1v) is 8.40. The van der Waals surface area contributed by atoms with Crippen LogP contribution >= 0.6 is 11.3 Å². The highest BCUT2D eigenvalue weighted by atomic mass is 32.1. The van der Waals surface area contributed by atoms with Gasteiger partial charge in [-0.05, 0) is 12.5 Å². The summed E-state index contributed by atoms with van der Waals surface area (Å²) in [7, 11) is 0. The number of nitrogens with one attached hydrogen (secondary N) is 2. The van der Waals surface area contributed by atoms with Gasteiger partial charge in [0.15, 0.2) is 0 Å². The van der Waals surface area contributed by atoms with Gasteiger partial charge in [0.2, 0.25) is 0 Å². The molecule has 3 N–H and O–H groups in total. The normalized spacial score (nSPS) is 17.7. The van der Waals surface area contributed by atoms with Crippen molar-refractivity contribution in [2.24, 2.45) is 5.92 Å². The molecule has 8 nitrogen and oxygen atoms in total. The van der Waals surface area contributed by atoms with Crippen molar-refractivity contribution in [3.05, 3.63) is 39.4 Å². The molecule has 1 aliphatic heterocycles. The summed E-state index contributed by atoms with van der Waals surface area (Å²) in [6, 6.07) is 1.88. The second kappa shape index (κ2) is 5.84. The lowest BCUT2D eigenvalue weighted by Crippen LogP contribution is -2.22. The first kappa shape index (κ1) is 15.0. The smallest absolute Gasteiger partial charge is 0.325 e. The zero-order valence-corrected chi connectivity index (χ0v) is 13.5. The highest BCUT2D eigenvalue weighted by Gasteiger charge is 2.25. The Hall–Kier alpha value is -2.52. The number of aromatic amines is 2. The van der Waals surface area contributed by atoms with Gasteiger partial charge in [0.25, 0.3) is 5.56 Å². The molecular weight excluding hydrogens is 330 g/mol. The van der Waals surface area contributed by atoms with Gasteiger partial charge >= 0.3 is 5.69 Å². The highest BCUT2D eigenvalue weighted by molar-refractivity contribution is 7.21. The molecule has 0 radical (unpaired) electrons. The zero-order chi connectivity index (χ0) is 16.7. The summed E-state index contributed by atoms with van der Waals surface area (Å²) in [4.78, 5) is 40.2. The molecule has 24 heavy (non-hydrogen) atoms. The SMILES string of the molecule is O=c1[nH]cc(-c2cc3c(N4CCC(CO)C4)ncnc3s2)c(=O)[nH]1. The number of fused-ring (bicyclic) bond motifs is 1. The third-order valence-electron chi connectivity index (χ3n) is 4.24.